The van der Waals surface area contributed by atoms with Crippen molar-refractivity contribution in [2.24, 2.45) is 0 Å². The number of hydrogen-bond donors (Lipinski definition) is 0. The predicted octanol–water partition coefficient (Wildman–Crippen LogP) is 2.11. The normalized spacial score (nSPS) is 9.23. The Morgan fingerprint density at radius 2 is 2.00 bits per heavy atom. The van der Waals surface area contributed by atoms with Crippen LogP contribution in [0.25, 0.3) is 0 Å². The van der Waals surface area contributed by atoms with Crippen LogP contribution in [0.3, 0.4) is 0 Å². The molecular formula is C11H11O2+. The number of carbonyl (C=O) groups is 1. The number of carbonyl (C=O) groups excluding carboxylic acids is 1. The van der Waals surface area contributed by atoms with E-state index < -0.39 is 5.97 Å². The Labute approximate surface area is 77.8 Å². The van der Waals surface area contributed by atoms with Gasteiger partial charge in [0.1, 0.15) is 6.61 Å². The molecule has 0 fully saturated rings. The van der Waals surface area contributed by atoms with Gasteiger partial charge < -0.3 is 4.74 Å². The molecule has 1 aromatic rings. The zero-order valence-corrected chi connectivity index (χ0v) is 7.49. The van der Waals surface area contributed by atoms with Gasteiger partial charge in [-0.05, 0) is 5.56 Å². The Balaban J connectivity index is 2.44. The minimum absolute atomic E-state index is 0.177. The minimum atomic E-state index is -0.455. The summed E-state index contributed by atoms with van der Waals surface area (Å²) >= 11 is 0. The van der Waals surface area contributed by atoms with Crippen LogP contribution in [0.4, 0.5) is 0 Å². The van der Waals surface area contributed by atoms with Crippen LogP contribution in [-0.4, -0.2) is 5.97 Å². The minimum Gasteiger partial charge on any atom is -0.367 e. The molecule has 2 nitrogen and oxygen atoms in total. The molecule has 0 aromatic heterocycles. The van der Waals surface area contributed by atoms with Crippen molar-refractivity contribution in [3.05, 3.63) is 48.0 Å². The lowest BCUT2D eigenvalue weighted by Crippen LogP contribution is -2.04. The van der Waals surface area contributed by atoms with E-state index in [4.69, 9.17) is 11.3 Å². The maximum Gasteiger partial charge on any atom is 0.487 e. The van der Waals surface area contributed by atoms with Gasteiger partial charge in [0.05, 0.1) is 6.58 Å². The highest BCUT2D eigenvalue weighted by atomic mass is 16.5. The first-order chi connectivity index (χ1) is 6.20. The molecule has 1 aromatic carbocycles. The van der Waals surface area contributed by atoms with E-state index in [2.05, 4.69) is 0 Å². The standard InChI is InChI=1S/C11H11O2/c1-9(2)11(12)13-8-10-6-4-3-5-7-10/h1,3-7H,8H2,2H3/q+1. The lowest BCUT2D eigenvalue weighted by atomic mass is 10.2. The third-order valence-electron chi connectivity index (χ3n) is 1.53. The lowest BCUT2D eigenvalue weighted by Gasteiger charge is -1.96. The van der Waals surface area contributed by atoms with Crippen LogP contribution in [0.5, 0.6) is 0 Å². The van der Waals surface area contributed by atoms with Crippen molar-refractivity contribution in [1.82, 2.24) is 0 Å². The summed E-state index contributed by atoms with van der Waals surface area (Å²) in [7, 11) is 0. The van der Waals surface area contributed by atoms with Gasteiger partial charge in [-0.2, -0.15) is 0 Å². The number of hydrogen-bond acceptors (Lipinski definition) is 2. The van der Waals surface area contributed by atoms with E-state index in [0.29, 0.717) is 0 Å². The van der Waals surface area contributed by atoms with E-state index in [1.165, 1.54) is 6.92 Å². The van der Waals surface area contributed by atoms with Crippen molar-refractivity contribution in [2.45, 2.75) is 13.5 Å². The van der Waals surface area contributed by atoms with Crippen LogP contribution in [0.2, 0.25) is 0 Å². The summed E-state index contributed by atoms with van der Waals surface area (Å²) in [5.74, 6) is -0.455. The van der Waals surface area contributed by atoms with Gasteiger partial charge in [0.2, 0.25) is 5.57 Å². The van der Waals surface area contributed by atoms with Crippen molar-refractivity contribution < 1.29 is 9.53 Å². The second-order valence-corrected chi connectivity index (χ2v) is 2.74. The molecule has 0 N–H and O–H groups in total. The molecule has 13 heavy (non-hydrogen) atoms. The van der Waals surface area contributed by atoms with E-state index in [9.17, 15) is 4.79 Å². The van der Waals surface area contributed by atoms with E-state index in [0.717, 1.165) is 5.56 Å². The maximum atomic E-state index is 10.9. The van der Waals surface area contributed by atoms with Crippen molar-refractivity contribution in [1.29, 1.82) is 0 Å². The zero-order chi connectivity index (χ0) is 9.68. The van der Waals surface area contributed by atoms with Crippen LogP contribution < -0.4 is 0 Å². The van der Waals surface area contributed by atoms with E-state index in [1.807, 2.05) is 30.3 Å². The monoisotopic (exact) mass is 175 g/mol. The molecule has 0 saturated carbocycles. The number of rotatable bonds is 3. The smallest absolute Gasteiger partial charge is 0.367 e. The Hall–Kier alpha value is -1.66. The zero-order valence-electron chi connectivity index (χ0n) is 7.49. The van der Waals surface area contributed by atoms with Crippen LogP contribution in [0, 0.1) is 6.58 Å². The fourth-order valence-corrected chi connectivity index (χ4v) is 0.837. The molecule has 0 saturated heterocycles. The van der Waals surface area contributed by atoms with Crippen molar-refractivity contribution in [2.75, 3.05) is 0 Å². The van der Waals surface area contributed by atoms with Crippen molar-refractivity contribution in [3.63, 3.8) is 0 Å². The molecule has 66 valence electrons. The average molecular weight is 175 g/mol. The van der Waals surface area contributed by atoms with Gasteiger partial charge in [-0.25, -0.2) is 0 Å². The molecule has 0 heterocycles. The molecule has 2 heteroatoms. The third kappa shape index (κ3) is 3.06. The molecule has 0 amide bonds. The van der Waals surface area contributed by atoms with Crippen LogP contribution >= 0.6 is 0 Å². The summed E-state index contributed by atoms with van der Waals surface area (Å²) in [6.07, 6.45) is 0. The van der Waals surface area contributed by atoms with Crippen LogP contribution in [0.15, 0.2) is 35.9 Å². The molecule has 0 aliphatic rings. The molecule has 0 aliphatic heterocycles. The summed E-state index contributed by atoms with van der Waals surface area (Å²) in [5.41, 5.74) is 1.13. The first-order valence-electron chi connectivity index (χ1n) is 4.00. The quantitative estimate of drug-likeness (QED) is 0.399. The van der Waals surface area contributed by atoms with Gasteiger partial charge in [0.15, 0.2) is 0 Å². The Morgan fingerprint density at radius 1 is 1.38 bits per heavy atom. The second kappa shape index (κ2) is 4.39. The molecule has 0 aliphatic carbocycles. The lowest BCUT2D eigenvalue weighted by molar-refractivity contribution is -0.140. The maximum absolute atomic E-state index is 10.9. The largest absolute Gasteiger partial charge is 0.487 e. The Bertz CT molecular complexity index is 301. The summed E-state index contributed by atoms with van der Waals surface area (Å²) < 4.78 is 4.89. The first kappa shape index (κ1) is 9.43. The molecular weight excluding hydrogens is 164 g/mol. The highest BCUT2D eigenvalue weighted by Gasteiger charge is 2.14. The number of benzene rings is 1. The van der Waals surface area contributed by atoms with Gasteiger partial charge >= 0.3 is 5.97 Å². The van der Waals surface area contributed by atoms with Gasteiger partial charge in [-0.15, -0.1) is 4.79 Å². The topological polar surface area (TPSA) is 26.3 Å². The molecule has 0 radical (unpaired) electrons. The fourth-order valence-electron chi connectivity index (χ4n) is 0.837. The van der Waals surface area contributed by atoms with Gasteiger partial charge in [-0.3, -0.25) is 0 Å². The van der Waals surface area contributed by atoms with Crippen molar-refractivity contribution in [3.8, 4) is 0 Å². The van der Waals surface area contributed by atoms with Crippen LogP contribution in [-0.2, 0) is 16.1 Å². The fraction of sp³-hybridized carbons (Fsp3) is 0.182. The van der Waals surface area contributed by atoms with E-state index in [1.54, 1.807) is 0 Å². The predicted molar refractivity (Wildman–Crippen MR) is 49.7 cm³/mol. The molecule has 0 atom stereocenters. The summed E-state index contributed by atoms with van der Waals surface area (Å²) in [5, 5.41) is 0. The van der Waals surface area contributed by atoms with Crippen molar-refractivity contribution >= 4 is 5.97 Å². The second-order valence-electron chi connectivity index (χ2n) is 2.74. The highest BCUT2D eigenvalue weighted by Crippen LogP contribution is 2.02. The Morgan fingerprint density at radius 3 is 2.54 bits per heavy atom. The SMILES string of the molecule is [CH+]=C(C)C(=O)OCc1ccccc1. The molecule has 1 rings (SSSR count). The molecule has 0 spiro atoms. The number of ether oxygens (including phenoxy) is 1. The summed E-state index contributed by atoms with van der Waals surface area (Å²) in [6.45, 7) is 7.04. The average Bonchev–Trinajstić information content (AvgIpc) is 2.15. The highest BCUT2D eigenvalue weighted by molar-refractivity contribution is 5.86. The van der Waals surface area contributed by atoms with Gasteiger partial charge in [-0.1, -0.05) is 30.3 Å². The van der Waals surface area contributed by atoms with E-state index in [-0.39, 0.29) is 12.2 Å². The van der Waals surface area contributed by atoms with E-state index >= 15 is 0 Å². The van der Waals surface area contributed by atoms with Gasteiger partial charge in [0.25, 0.3) is 0 Å². The molecule has 0 bridgehead atoms. The third-order valence-corrected chi connectivity index (χ3v) is 1.53. The van der Waals surface area contributed by atoms with Crippen LogP contribution in [0.1, 0.15) is 12.5 Å². The molecule has 0 unspecified atom stereocenters. The first-order valence-corrected chi connectivity index (χ1v) is 4.00. The summed E-state index contributed by atoms with van der Waals surface area (Å²) in [4.78, 5) is 10.9. The Kier molecular flexibility index (Phi) is 3.18. The van der Waals surface area contributed by atoms with Gasteiger partial charge in [0, 0.05) is 6.92 Å². The summed E-state index contributed by atoms with van der Waals surface area (Å²) in [6, 6.07) is 9.47. The number of esters is 1.